The van der Waals surface area contributed by atoms with Crippen molar-refractivity contribution in [1.29, 1.82) is 0 Å². The highest BCUT2D eigenvalue weighted by atomic mass is 32.2. The van der Waals surface area contributed by atoms with E-state index >= 15 is 0 Å². The molecule has 0 bridgehead atoms. The van der Waals surface area contributed by atoms with E-state index in [-0.39, 0.29) is 12.4 Å². The van der Waals surface area contributed by atoms with Crippen molar-refractivity contribution < 1.29 is 19.0 Å². The Bertz CT molecular complexity index is 875. The quantitative estimate of drug-likeness (QED) is 0.437. The summed E-state index contributed by atoms with van der Waals surface area (Å²) in [7, 11) is 0. The molecule has 0 radical (unpaired) electrons. The van der Waals surface area contributed by atoms with Gasteiger partial charge in [0.15, 0.2) is 4.34 Å². The number of benzene rings is 2. The van der Waals surface area contributed by atoms with E-state index in [1.165, 1.54) is 35.2 Å². The predicted molar refractivity (Wildman–Crippen MR) is 113 cm³/mol. The van der Waals surface area contributed by atoms with E-state index in [1.54, 1.807) is 12.1 Å². The lowest BCUT2D eigenvalue weighted by molar-refractivity contribution is 0.126. The summed E-state index contributed by atoms with van der Waals surface area (Å²) in [6.45, 7) is 3.28. The number of hydrogen-bond acceptors (Lipinski definition) is 8. The van der Waals surface area contributed by atoms with Gasteiger partial charge in [0.25, 0.3) is 0 Å². The highest BCUT2D eigenvalue weighted by molar-refractivity contribution is 8.01. The summed E-state index contributed by atoms with van der Waals surface area (Å²) >= 11 is 2.83. The van der Waals surface area contributed by atoms with Gasteiger partial charge >= 0.3 is 0 Å². The first-order valence-electron chi connectivity index (χ1n) is 9.10. The molecule has 1 aromatic heterocycles. The second kappa shape index (κ2) is 11.0. The van der Waals surface area contributed by atoms with Gasteiger partial charge in [0.2, 0.25) is 5.13 Å². The van der Waals surface area contributed by atoms with Crippen molar-refractivity contribution in [3.63, 3.8) is 0 Å². The van der Waals surface area contributed by atoms with Gasteiger partial charge in [-0.2, -0.15) is 0 Å². The molecule has 0 spiro atoms. The zero-order valence-electron chi connectivity index (χ0n) is 15.9. The Morgan fingerprint density at radius 3 is 2.45 bits per heavy atom. The SMILES string of the molecule is CCOc1ccc(OCC(O)CSc2nnc(NCc3ccc(F)cc3)s2)cc1. The smallest absolute Gasteiger partial charge is 0.206 e. The fourth-order valence-electron chi connectivity index (χ4n) is 2.33. The van der Waals surface area contributed by atoms with Gasteiger partial charge in [-0.25, -0.2) is 4.39 Å². The molecule has 0 amide bonds. The summed E-state index contributed by atoms with van der Waals surface area (Å²) in [5.74, 6) is 1.66. The summed E-state index contributed by atoms with van der Waals surface area (Å²) < 4.78 is 24.7. The molecule has 1 unspecified atom stereocenters. The second-order valence-corrected chi connectivity index (χ2v) is 8.28. The van der Waals surface area contributed by atoms with Crippen molar-refractivity contribution >= 4 is 28.2 Å². The molecular formula is C20H22FN3O3S2. The van der Waals surface area contributed by atoms with Gasteiger partial charge in [-0.05, 0) is 48.9 Å². The van der Waals surface area contributed by atoms with Crippen LogP contribution in [0.2, 0.25) is 0 Å². The molecule has 0 aliphatic carbocycles. The second-order valence-electron chi connectivity index (χ2n) is 6.03. The number of hydrogen-bond donors (Lipinski definition) is 2. The number of aliphatic hydroxyl groups is 1. The molecule has 0 saturated heterocycles. The number of thioether (sulfide) groups is 1. The van der Waals surface area contributed by atoms with Gasteiger partial charge in [-0.15, -0.1) is 10.2 Å². The Balaban J connectivity index is 1.37. The highest BCUT2D eigenvalue weighted by Gasteiger charge is 2.10. The first-order chi connectivity index (χ1) is 14.1. The Labute approximate surface area is 177 Å². The minimum Gasteiger partial charge on any atom is -0.494 e. The minimum absolute atomic E-state index is 0.190. The van der Waals surface area contributed by atoms with Crippen LogP contribution in [-0.4, -0.2) is 40.4 Å². The van der Waals surface area contributed by atoms with Crippen LogP contribution >= 0.6 is 23.1 Å². The molecule has 0 aliphatic rings. The number of aromatic nitrogens is 2. The number of rotatable bonds is 11. The molecular weight excluding hydrogens is 413 g/mol. The molecule has 0 aliphatic heterocycles. The van der Waals surface area contributed by atoms with Gasteiger partial charge < -0.3 is 19.9 Å². The van der Waals surface area contributed by atoms with E-state index in [0.717, 1.165) is 15.7 Å². The summed E-state index contributed by atoms with van der Waals surface area (Å²) in [5, 5.41) is 22.2. The van der Waals surface area contributed by atoms with E-state index in [0.29, 0.717) is 29.8 Å². The third kappa shape index (κ3) is 7.19. The molecule has 0 fully saturated rings. The van der Waals surface area contributed by atoms with E-state index in [2.05, 4.69) is 15.5 Å². The fraction of sp³-hybridized carbons (Fsp3) is 0.300. The molecule has 0 saturated carbocycles. The molecule has 6 nitrogen and oxygen atoms in total. The molecule has 1 atom stereocenters. The molecule has 3 aromatic rings. The van der Waals surface area contributed by atoms with Crippen molar-refractivity contribution in [2.45, 2.75) is 23.9 Å². The van der Waals surface area contributed by atoms with E-state index < -0.39 is 6.10 Å². The summed E-state index contributed by atoms with van der Waals surface area (Å²) in [6.07, 6.45) is -0.633. The summed E-state index contributed by atoms with van der Waals surface area (Å²) in [4.78, 5) is 0. The molecule has 9 heteroatoms. The van der Waals surface area contributed by atoms with Gasteiger partial charge in [0, 0.05) is 12.3 Å². The Hall–Kier alpha value is -2.36. The first-order valence-corrected chi connectivity index (χ1v) is 10.9. The average molecular weight is 436 g/mol. The maximum atomic E-state index is 12.9. The van der Waals surface area contributed by atoms with Crippen LogP contribution in [0.3, 0.4) is 0 Å². The van der Waals surface area contributed by atoms with Crippen LogP contribution in [-0.2, 0) is 6.54 Å². The van der Waals surface area contributed by atoms with Crippen molar-refractivity contribution in [2.24, 2.45) is 0 Å². The topological polar surface area (TPSA) is 76.5 Å². The van der Waals surface area contributed by atoms with Crippen LogP contribution in [0.4, 0.5) is 9.52 Å². The number of halogens is 1. The zero-order valence-corrected chi connectivity index (χ0v) is 17.5. The maximum absolute atomic E-state index is 12.9. The van der Waals surface area contributed by atoms with Crippen molar-refractivity contribution in [2.75, 3.05) is 24.3 Å². The lowest BCUT2D eigenvalue weighted by Gasteiger charge is -2.11. The van der Waals surface area contributed by atoms with Crippen LogP contribution in [0, 0.1) is 5.82 Å². The number of nitrogens with zero attached hydrogens (tertiary/aromatic N) is 2. The minimum atomic E-state index is -0.633. The molecule has 3 rings (SSSR count). The van der Waals surface area contributed by atoms with Crippen LogP contribution < -0.4 is 14.8 Å². The van der Waals surface area contributed by atoms with E-state index in [4.69, 9.17) is 9.47 Å². The van der Waals surface area contributed by atoms with E-state index in [9.17, 15) is 9.50 Å². The Morgan fingerprint density at radius 2 is 1.76 bits per heavy atom. The summed E-state index contributed by atoms with van der Waals surface area (Å²) in [5.41, 5.74) is 0.956. The Morgan fingerprint density at radius 1 is 1.07 bits per heavy atom. The molecule has 2 aromatic carbocycles. The standard InChI is InChI=1S/C20H22FN3O3S2/c1-2-26-17-7-9-18(10-8-17)27-12-16(25)13-28-20-24-23-19(29-20)22-11-14-3-5-15(21)6-4-14/h3-10,16,25H,2,11-13H2,1H3,(H,22,23). The molecule has 29 heavy (non-hydrogen) atoms. The lowest BCUT2D eigenvalue weighted by atomic mass is 10.2. The fourth-order valence-corrected chi connectivity index (χ4v) is 4.01. The molecule has 154 valence electrons. The van der Waals surface area contributed by atoms with Gasteiger partial charge in [-0.1, -0.05) is 35.2 Å². The van der Waals surface area contributed by atoms with Gasteiger partial charge in [0.1, 0.15) is 23.9 Å². The van der Waals surface area contributed by atoms with Gasteiger partial charge in [-0.3, -0.25) is 0 Å². The first kappa shape index (κ1) is 21.4. The Kier molecular flexibility index (Phi) is 8.09. The third-order valence-electron chi connectivity index (χ3n) is 3.74. The lowest BCUT2D eigenvalue weighted by Crippen LogP contribution is -2.20. The predicted octanol–water partition coefficient (Wildman–Crippen LogP) is 4.22. The van der Waals surface area contributed by atoms with Crippen LogP contribution in [0.5, 0.6) is 11.5 Å². The highest BCUT2D eigenvalue weighted by Crippen LogP contribution is 2.26. The number of aliphatic hydroxyl groups excluding tert-OH is 1. The summed E-state index contributed by atoms with van der Waals surface area (Å²) in [6, 6.07) is 13.6. The number of ether oxygens (including phenoxy) is 2. The molecule has 2 N–H and O–H groups in total. The normalized spacial score (nSPS) is 11.8. The largest absolute Gasteiger partial charge is 0.494 e. The zero-order chi connectivity index (χ0) is 20.5. The molecule has 1 heterocycles. The van der Waals surface area contributed by atoms with Crippen molar-refractivity contribution in [3.8, 4) is 11.5 Å². The van der Waals surface area contributed by atoms with Crippen LogP contribution in [0.25, 0.3) is 0 Å². The number of anilines is 1. The maximum Gasteiger partial charge on any atom is 0.206 e. The monoisotopic (exact) mass is 435 g/mol. The van der Waals surface area contributed by atoms with Gasteiger partial charge in [0.05, 0.1) is 12.7 Å². The number of nitrogens with one attached hydrogen (secondary N) is 1. The third-order valence-corrected chi connectivity index (χ3v) is 5.90. The van der Waals surface area contributed by atoms with Crippen LogP contribution in [0.1, 0.15) is 12.5 Å². The van der Waals surface area contributed by atoms with Crippen LogP contribution in [0.15, 0.2) is 52.9 Å². The average Bonchev–Trinajstić information content (AvgIpc) is 3.19. The van der Waals surface area contributed by atoms with Crippen molar-refractivity contribution in [3.05, 3.63) is 59.9 Å². The van der Waals surface area contributed by atoms with Crippen molar-refractivity contribution in [1.82, 2.24) is 10.2 Å². The van der Waals surface area contributed by atoms with E-state index in [1.807, 2.05) is 31.2 Å².